The van der Waals surface area contributed by atoms with Gasteiger partial charge in [-0.3, -0.25) is 9.80 Å². The molecule has 0 saturated carbocycles. The van der Waals surface area contributed by atoms with Crippen LogP contribution in [0.4, 0.5) is 0 Å². The van der Waals surface area contributed by atoms with Gasteiger partial charge >= 0.3 is 0 Å². The Morgan fingerprint density at radius 1 is 0.606 bits per heavy atom. The van der Waals surface area contributed by atoms with Crippen molar-refractivity contribution in [1.29, 1.82) is 0 Å². The smallest absolute Gasteiger partial charge is 0.0864 e. The Morgan fingerprint density at radius 3 is 1.12 bits per heavy atom. The average Bonchev–Trinajstić information content (AvgIpc) is 2.60. The fourth-order valence-electron chi connectivity index (χ4n) is 7.14. The third kappa shape index (κ3) is 7.59. The van der Waals surface area contributed by atoms with Gasteiger partial charge in [0.15, 0.2) is 0 Å². The first-order valence-corrected chi connectivity index (χ1v) is 13.5. The molecule has 0 unspecified atom stereocenters. The molecule has 33 heavy (non-hydrogen) atoms. The minimum Gasteiger partial charge on any atom is -0.473 e. The predicted molar refractivity (Wildman–Crippen MR) is 144 cm³/mol. The molecule has 2 aliphatic rings. The van der Waals surface area contributed by atoms with Crippen molar-refractivity contribution in [2.24, 2.45) is 23.7 Å². The quantitative estimate of drug-likeness (QED) is 0.343. The first kappa shape index (κ1) is 28.4. The number of rotatable bonds is 8. The molecule has 0 aromatic heterocycles. The number of piperidine rings is 2. The third-order valence-corrected chi connectivity index (χ3v) is 7.92. The van der Waals surface area contributed by atoms with Crippen LogP contribution < -0.4 is 0 Å². The Morgan fingerprint density at radius 2 is 0.879 bits per heavy atom. The fraction of sp³-hybridized carbons (Fsp3) is 0.867. The highest BCUT2D eigenvalue weighted by atomic mass is 16.5. The molecule has 0 aliphatic carbocycles. The molecule has 0 bridgehead atoms. The molecule has 0 aromatic rings. The van der Waals surface area contributed by atoms with Gasteiger partial charge in [-0.25, -0.2) is 0 Å². The van der Waals surface area contributed by atoms with Crippen LogP contribution >= 0.6 is 0 Å². The summed E-state index contributed by atoms with van der Waals surface area (Å²) in [6.07, 6.45) is 13.2. The lowest BCUT2D eigenvalue weighted by Gasteiger charge is -2.55. The Bertz CT molecular complexity index is 589. The summed E-state index contributed by atoms with van der Waals surface area (Å²) in [5.74, 6) is 2.50. The van der Waals surface area contributed by atoms with E-state index in [9.17, 15) is 0 Å². The van der Waals surface area contributed by atoms with Crippen molar-refractivity contribution in [1.82, 2.24) is 9.80 Å². The van der Waals surface area contributed by atoms with Crippen LogP contribution in [-0.2, 0) is 4.74 Å². The Labute approximate surface area is 207 Å². The summed E-state index contributed by atoms with van der Waals surface area (Å²) in [6.45, 7) is 30.9. The van der Waals surface area contributed by atoms with E-state index < -0.39 is 0 Å². The van der Waals surface area contributed by atoms with Gasteiger partial charge in [0, 0.05) is 35.2 Å². The second-order valence-corrected chi connectivity index (χ2v) is 14.4. The van der Waals surface area contributed by atoms with E-state index in [1.165, 1.54) is 38.8 Å². The Kier molecular flexibility index (Phi) is 9.00. The number of likely N-dealkylation sites (tertiary alicyclic amines) is 2. The molecule has 192 valence electrons. The van der Waals surface area contributed by atoms with Gasteiger partial charge < -0.3 is 4.74 Å². The molecule has 2 heterocycles. The van der Waals surface area contributed by atoms with Crippen molar-refractivity contribution in [3.63, 3.8) is 0 Å². The molecule has 2 fully saturated rings. The zero-order chi connectivity index (χ0) is 25.2. The van der Waals surface area contributed by atoms with Crippen molar-refractivity contribution < 1.29 is 4.74 Å². The maximum Gasteiger partial charge on any atom is 0.0864 e. The minimum atomic E-state index is 0.206. The maximum atomic E-state index is 5.91. The number of ether oxygens (including phenoxy) is 1. The van der Waals surface area contributed by atoms with Gasteiger partial charge in [-0.2, -0.15) is 0 Å². The maximum absolute atomic E-state index is 5.91. The molecule has 0 N–H and O–H groups in total. The standard InChI is InChI=1S/C30H56N2O/c1-23(2)21-31-27(5,6)17-25(18-28(31,7)8)13-15-33-16-14-26-19-29(9,10)32(22-24(3)4)30(11,12)20-26/h13-16,23-26H,17-22H2,1-12H3. The van der Waals surface area contributed by atoms with E-state index in [-0.39, 0.29) is 22.2 Å². The fourth-order valence-corrected chi connectivity index (χ4v) is 7.14. The van der Waals surface area contributed by atoms with E-state index in [2.05, 4.69) is 105 Å². The second-order valence-electron chi connectivity index (χ2n) is 14.4. The lowest BCUT2D eigenvalue weighted by atomic mass is 9.73. The lowest BCUT2D eigenvalue weighted by molar-refractivity contribution is -0.0498. The van der Waals surface area contributed by atoms with Crippen LogP contribution in [0.3, 0.4) is 0 Å². The third-order valence-electron chi connectivity index (χ3n) is 7.92. The molecule has 2 aliphatic heterocycles. The van der Waals surface area contributed by atoms with Gasteiger partial charge in [-0.1, -0.05) is 27.7 Å². The van der Waals surface area contributed by atoms with Crippen molar-refractivity contribution in [3.8, 4) is 0 Å². The summed E-state index contributed by atoms with van der Waals surface area (Å²) in [5.41, 5.74) is 0.825. The molecular weight excluding hydrogens is 404 g/mol. The van der Waals surface area contributed by atoms with Crippen LogP contribution in [0.5, 0.6) is 0 Å². The molecule has 0 atom stereocenters. The van der Waals surface area contributed by atoms with Crippen LogP contribution in [0.1, 0.15) is 109 Å². The van der Waals surface area contributed by atoms with Crippen LogP contribution in [-0.4, -0.2) is 45.0 Å². The van der Waals surface area contributed by atoms with E-state index in [1.807, 2.05) is 12.5 Å². The minimum absolute atomic E-state index is 0.206. The first-order valence-electron chi connectivity index (χ1n) is 13.5. The van der Waals surface area contributed by atoms with E-state index in [0.717, 1.165) is 0 Å². The van der Waals surface area contributed by atoms with Gasteiger partial charge in [0.25, 0.3) is 0 Å². The average molecular weight is 461 g/mol. The molecule has 2 rings (SSSR count). The van der Waals surface area contributed by atoms with Gasteiger partial charge in [-0.15, -0.1) is 0 Å². The van der Waals surface area contributed by atoms with Gasteiger partial charge in [0.2, 0.25) is 0 Å². The number of nitrogens with zero attached hydrogens (tertiary/aromatic N) is 2. The van der Waals surface area contributed by atoms with Gasteiger partial charge in [0.1, 0.15) is 0 Å². The van der Waals surface area contributed by atoms with E-state index in [1.54, 1.807) is 0 Å². The van der Waals surface area contributed by atoms with Crippen LogP contribution in [0.25, 0.3) is 0 Å². The zero-order valence-corrected chi connectivity index (χ0v) is 24.2. The highest BCUT2D eigenvalue weighted by Gasteiger charge is 2.45. The molecule has 0 aromatic carbocycles. The normalized spacial score (nSPS) is 26.7. The second kappa shape index (κ2) is 10.4. The first-order chi connectivity index (χ1) is 15.0. The lowest BCUT2D eigenvalue weighted by Crippen LogP contribution is -2.61. The van der Waals surface area contributed by atoms with Crippen LogP contribution in [0.2, 0.25) is 0 Å². The largest absolute Gasteiger partial charge is 0.473 e. The predicted octanol–water partition coefficient (Wildman–Crippen LogP) is 7.88. The molecule has 2 saturated heterocycles. The number of allylic oxidation sites excluding steroid dienone is 2. The van der Waals surface area contributed by atoms with Crippen LogP contribution in [0.15, 0.2) is 24.7 Å². The number of hydrogen-bond acceptors (Lipinski definition) is 3. The van der Waals surface area contributed by atoms with E-state index in [4.69, 9.17) is 4.74 Å². The van der Waals surface area contributed by atoms with E-state index in [0.29, 0.717) is 23.7 Å². The molecule has 0 amide bonds. The summed E-state index contributed by atoms with van der Waals surface area (Å²) in [4.78, 5) is 5.45. The Balaban J connectivity index is 1.95. The topological polar surface area (TPSA) is 15.7 Å². The Hall–Kier alpha value is -0.800. The monoisotopic (exact) mass is 460 g/mol. The summed E-state index contributed by atoms with van der Waals surface area (Å²) >= 11 is 0. The van der Waals surface area contributed by atoms with Crippen molar-refractivity contribution >= 4 is 0 Å². The van der Waals surface area contributed by atoms with Crippen molar-refractivity contribution in [2.75, 3.05) is 13.1 Å². The van der Waals surface area contributed by atoms with Crippen molar-refractivity contribution in [2.45, 2.75) is 131 Å². The highest BCUT2D eigenvalue weighted by Crippen LogP contribution is 2.43. The van der Waals surface area contributed by atoms with Gasteiger partial charge in [0.05, 0.1) is 12.5 Å². The summed E-state index contributed by atoms with van der Waals surface area (Å²) in [5, 5.41) is 0. The van der Waals surface area contributed by atoms with E-state index >= 15 is 0 Å². The van der Waals surface area contributed by atoms with Gasteiger partial charge in [-0.05, 0) is 117 Å². The zero-order valence-electron chi connectivity index (χ0n) is 24.2. The molecule has 0 spiro atoms. The molecule has 0 radical (unpaired) electrons. The SMILES string of the molecule is CC(C)CN1C(C)(C)CC(C=COC=CC2CC(C)(C)N(CC(C)C)C(C)(C)C2)CC1(C)C. The molecule has 3 heteroatoms. The number of hydrogen-bond donors (Lipinski definition) is 0. The molecular formula is C30H56N2O. The summed E-state index contributed by atoms with van der Waals surface area (Å²) in [6, 6.07) is 0. The highest BCUT2D eigenvalue weighted by molar-refractivity contribution is 5.06. The summed E-state index contributed by atoms with van der Waals surface area (Å²) in [7, 11) is 0. The van der Waals surface area contributed by atoms with Crippen LogP contribution in [0, 0.1) is 23.7 Å². The van der Waals surface area contributed by atoms with Crippen molar-refractivity contribution in [3.05, 3.63) is 24.7 Å². The summed E-state index contributed by atoms with van der Waals surface area (Å²) < 4.78 is 5.91. The molecule has 3 nitrogen and oxygen atoms in total.